The Hall–Kier alpha value is -3.33. The van der Waals surface area contributed by atoms with Crippen LogP contribution in [0.4, 0.5) is 10.1 Å². The van der Waals surface area contributed by atoms with E-state index in [1.165, 1.54) is 6.07 Å². The predicted molar refractivity (Wildman–Crippen MR) is 99.7 cm³/mol. The summed E-state index contributed by atoms with van der Waals surface area (Å²) in [6.45, 7) is 0.398. The fourth-order valence-electron chi connectivity index (χ4n) is 2.89. The molecule has 1 atom stereocenters. The molecule has 3 rings (SSSR count). The Labute approximate surface area is 157 Å². The Morgan fingerprint density at radius 2 is 2.11 bits per heavy atom. The van der Waals surface area contributed by atoms with Crippen molar-refractivity contribution < 1.29 is 18.7 Å². The third-order valence-electron chi connectivity index (χ3n) is 4.31. The number of halogens is 1. The minimum Gasteiger partial charge on any atom is -0.497 e. The molecule has 1 N–H and O–H groups in total. The number of hydrogen-bond acceptors (Lipinski definition) is 3. The lowest BCUT2D eigenvalue weighted by Crippen LogP contribution is -2.33. The SMILES string of the molecule is COc1cccc(N2CC(C(=O)NCC#Cc3ccccc3F)CC2=O)c1. The van der Waals surface area contributed by atoms with Gasteiger partial charge in [0.2, 0.25) is 11.8 Å². The van der Waals surface area contributed by atoms with Crippen LogP contribution >= 0.6 is 0 Å². The summed E-state index contributed by atoms with van der Waals surface area (Å²) in [5.74, 6) is 4.87. The zero-order chi connectivity index (χ0) is 19.2. The van der Waals surface area contributed by atoms with E-state index < -0.39 is 11.7 Å². The number of carbonyl (C=O) groups excluding carboxylic acids is 2. The number of hydrogen-bond donors (Lipinski definition) is 1. The van der Waals surface area contributed by atoms with Crippen molar-refractivity contribution in [3.63, 3.8) is 0 Å². The first-order chi connectivity index (χ1) is 13.1. The van der Waals surface area contributed by atoms with Gasteiger partial charge in [0.25, 0.3) is 0 Å². The first-order valence-corrected chi connectivity index (χ1v) is 8.54. The van der Waals surface area contributed by atoms with E-state index in [0.717, 1.165) is 0 Å². The van der Waals surface area contributed by atoms with E-state index >= 15 is 0 Å². The maximum absolute atomic E-state index is 13.5. The summed E-state index contributed by atoms with van der Waals surface area (Å²) in [5, 5.41) is 2.69. The van der Waals surface area contributed by atoms with Crippen molar-refractivity contribution in [2.75, 3.05) is 25.1 Å². The number of rotatable bonds is 4. The normalized spacial score (nSPS) is 15.9. The summed E-state index contributed by atoms with van der Waals surface area (Å²) >= 11 is 0. The molecule has 1 unspecified atom stereocenters. The highest BCUT2D eigenvalue weighted by molar-refractivity contribution is 6.00. The molecule has 2 aromatic carbocycles. The Morgan fingerprint density at radius 1 is 1.30 bits per heavy atom. The van der Waals surface area contributed by atoms with E-state index in [4.69, 9.17) is 4.74 Å². The van der Waals surface area contributed by atoms with E-state index in [-0.39, 0.29) is 30.3 Å². The zero-order valence-corrected chi connectivity index (χ0v) is 14.9. The van der Waals surface area contributed by atoms with Gasteiger partial charge >= 0.3 is 0 Å². The summed E-state index contributed by atoms with van der Waals surface area (Å²) in [7, 11) is 1.56. The molecular weight excluding hydrogens is 347 g/mol. The summed E-state index contributed by atoms with van der Waals surface area (Å²) in [6.07, 6.45) is 0.143. The molecule has 2 amide bonds. The van der Waals surface area contributed by atoms with Gasteiger partial charge in [0.05, 0.1) is 25.1 Å². The Bertz CT molecular complexity index is 917. The van der Waals surface area contributed by atoms with Gasteiger partial charge in [-0.05, 0) is 24.3 Å². The number of nitrogens with zero attached hydrogens (tertiary/aromatic N) is 1. The zero-order valence-electron chi connectivity index (χ0n) is 14.9. The molecule has 1 fully saturated rings. The molecule has 1 saturated heterocycles. The quantitative estimate of drug-likeness (QED) is 0.845. The van der Waals surface area contributed by atoms with Crippen molar-refractivity contribution in [2.45, 2.75) is 6.42 Å². The molecule has 0 bridgehead atoms. The highest BCUT2D eigenvalue weighted by Gasteiger charge is 2.35. The van der Waals surface area contributed by atoms with Crippen LogP contribution in [0.2, 0.25) is 0 Å². The number of anilines is 1. The lowest BCUT2D eigenvalue weighted by Gasteiger charge is -2.17. The largest absolute Gasteiger partial charge is 0.497 e. The Kier molecular flexibility index (Phi) is 5.72. The maximum Gasteiger partial charge on any atom is 0.227 e. The third kappa shape index (κ3) is 4.45. The third-order valence-corrected chi connectivity index (χ3v) is 4.31. The van der Waals surface area contributed by atoms with Gasteiger partial charge in [0.1, 0.15) is 11.6 Å². The lowest BCUT2D eigenvalue weighted by molar-refractivity contribution is -0.126. The average Bonchev–Trinajstić information content (AvgIpc) is 3.08. The van der Waals surface area contributed by atoms with E-state index in [1.807, 2.05) is 0 Å². The summed E-state index contributed by atoms with van der Waals surface area (Å²) in [4.78, 5) is 26.2. The monoisotopic (exact) mass is 366 g/mol. The number of nitrogens with one attached hydrogen (secondary N) is 1. The van der Waals surface area contributed by atoms with Gasteiger partial charge in [-0.15, -0.1) is 0 Å². The van der Waals surface area contributed by atoms with Crippen LogP contribution in [0.15, 0.2) is 48.5 Å². The summed E-state index contributed by atoms with van der Waals surface area (Å²) in [5.41, 5.74) is 0.987. The molecule has 0 spiro atoms. The number of benzene rings is 2. The van der Waals surface area contributed by atoms with Crippen LogP contribution in [0.3, 0.4) is 0 Å². The molecule has 0 radical (unpaired) electrons. The van der Waals surface area contributed by atoms with Crippen molar-refractivity contribution in [1.29, 1.82) is 0 Å². The van der Waals surface area contributed by atoms with Crippen molar-refractivity contribution in [3.8, 4) is 17.6 Å². The second kappa shape index (κ2) is 8.37. The molecule has 1 aliphatic heterocycles. The summed E-state index contributed by atoms with van der Waals surface area (Å²) in [6, 6.07) is 13.4. The van der Waals surface area contributed by atoms with Crippen LogP contribution < -0.4 is 15.0 Å². The average molecular weight is 366 g/mol. The predicted octanol–water partition coefficient (Wildman–Crippen LogP) is 2.36. The molecular formula is C21H19FN2O3. The number of carbonyl (C=O) groups is 2. The minimum absolute atomic E-state index is 0.0943. The molecule has 6 heteroatoms. The van der Waals surface area contributed by atoms with Crippen LogP contribution in [-0.2, 0) is 9.59 Å². The first-order valence-electron chi connectivity index (χ1n) is 8.54. The second-order valence-corrected chi connectivity index (χ2v) is 6.11. The topological polar surface area (TPSA) is 58.6 Å². The molecule has 27 heavy (non-hydrogen) atoms. The molecule has 0 saturated carbocycles. The fraction of sp³-hybridized carbons (Fsp3) is 0.238. The Balaban J connectivity index is 1.57. The van der Waals surface area contributed by atoms with Crippen LogP contribution in [0.5, 0.6) is 5.75 Å². The number of amides is 2. The van der Waals surface area contributed by atoms with Crippen molar-refractivity contribution >= 4 is 17.5 Å². The molecule has 0 aliphatic carbocycles. The van der Waals surface area contributed by atoms with Crippen LogP contribution in [0.1, 0.15) is 12.0 Å². The second-order valence-electron chi connectivity index (χ2n) is 6.11. The maximum atomic E-state index is 13.5. The smallest absolute Gasteiger partial charge is 0.227 e. The van der Waals surface area contributed by atoms with Gasteiger partial charge in [-0.25, -0.2) is 4.39 Å². The molecule has 2 aromatic rings. The van der Waals surface area contributed by atoms with Crippen molar-refractivity contribution in [3.05, 3.63) is 59.9 Å². The lowest BCUT2D eigenvalue weighted by atomic mass is 10.1. The van der Waals surface area contributed by atoms with Gasteiger partial charge in [-0.1, -0.05) is 30.0 Å². The summed E-state index contributed by atoms with van der Waals surface area (Å²) < 4.78 is 18.7. The van der Waals surface area contributed by atoms with Crippen molar-refractivity contribution in [2.24, 2.45) is 5.92 Å². The van der Waals surface area contributed by atoms with Crippen LogP contribution in [0, 0.1) is 23.6 Å². The van der Waals surface area contributed by atoms with Gasteiger partial charge in [-0.2, -0.15) is 0 Å². The van der Waals surface area contributed by atoms with E-state index in [9.17, 15) is 14.0 Å². The van der Waals surface area contributed by atoms with Gasteiger partial charge < -0.3 is 15.0 Å². The van der Waals surface area contributed by atoms with E-state index in [0.29, 0.717) is 18.0 Å². The van der Waals surface area contributed by atoms with Gasteiger partial charge in [-0.3, -0.25) is 9.59 Å². The van der Waals surface area contributed by atoms with Crippen LogP contribution in [-0.4, -0.2) is 32.0 Å². The number of ether oxygens (including phenoxy) is 1. The Morgan fingerprint density at radius 3 is 2.89 bits per heavy atom. The van der Waals surface area contributed by atoms with E-state index in [2.05, 4.69) is 17.2 Å². The number of methoxy groups -OCH3 is 1. The minimum atomic E-state index is -0.445. The van der Waals surface area contributed by atoms with Crippen LogP contribution in [0.25, 0.3) is 0 Å². The standard InChI is InChI=1S/C21H19FN2O3/c1-27-18-9-4-8-17(13-18)24-14-16(12-20(24)25)21(26)23-11-5-7-15-6-2-3-10-19(15)22/h2-4,6,8-10,13,16H,11-12,14H2,1H3,(H,23,26). The van der Waals surface area contributed by atoms with Gasteiger partial charge in [0, 0.05) is 24.7 Å². The molecule has 5 nitrogen and oxygen atoms in total. The highest BCUT2D eigenvalue weighted by Crippen LogP contribution is 2.27. The van der Waals surface area contributed by atoms with E-state index in [1.54, 1.807) is 54.5 Å². The highest BCUT2D eigenvalue weighted by atomic mass is 19.1. The van der Waals surface area contributed by atoms with Gasteiger partial charge in [0.15, 0.2) is 0 Å². The molecule has 138 valence electrons. The van der Waals surface area contributed by atoms with Crippen molar-refractivity contribution in [1.82, 2.24) is 5.32 Å². The molecule has 0 aromatic heterocycles. The molecule has 1 heterocycles. The fourth-order valence-corrected chi connectivity index (χ4v) is 2.89. The molecule has 1 aliphatic rings. The first kappa shape index (κ1) is 18.5.